The predicted molar refractivity (Wildman–Crippen MR) is 107 cm³/mol. The summed E-state index contributed by atoms with van der Waals surface area (Å²) in [4.78, 5) is 4.84. The van der Waals surface area contributed by atoms with Crippen LogP contribution < -0.4 is 0 Å². The van der Waals surface area contributed by atoms with Gasteiger partial charge in [-0.05, 0) is 6.92 Å². The summed E-state index contributed by atoms with van der Waals surface area (Å²) in [5.41, 5.74) is 2.75. The van der Waals surface area contributed by atoms with E-state index in [1.807, 2.05) is 41.8 Å². The van der Waals surface area contributed by atoms with E-state index in [4.69, 9.17) is 25.0 Å². The molecule has 0 fully saturated rings. The van der Waals surface area contributed by atoms with Gasteiger partial charge in [-0.3, -0.25) is 0 Å². The Balaban J connectivity index is 2.30. The summed E-state index contributed by atoms with van der Waals surface area (Å²) in [6.45, 7) is 3.53. The van der Waals surface area contributed by atoms with Crippen molar-refractivity contribution in [1.82, 2.24) is 9.55 Å². The van der Waals surface area contributed by atoms with Gasteiger partial charge in [-0.25, -0.2) is 4.98 Å². The molecule has 0 bridgehead atoms. The summed E-state index contributed by atoms with van der Waals surface area (Å²) in [5, 5.41) is 26.9. The van der Waals surface area contributed by atoms with Gasteiger partial charge in [-0.1, -0.05) is 30.3 Å². The number of nitriles is 3. The minimum absolute atomic E-state index is 0.350. The first-order valence-corrected chi connectivity index (χ1v) is 9.67. The zero-order valence-electron chi connectivity index (χ0n) is 16.7. The second-order valence-electron chi connectivity index (χ2n) is 6.41. The van der Waals surface area contributed by atoms with Gasteiger partial charge in [0.15, 0.2) is 0 Å². The van der Waals surface area contributed by atoms with Crippen molar-refractivity contribution >= 4 is 0 Å². The maximum Gasteiger partial charge on any atom is 0.141 e. The molecule has 0 spiro atoms. The monoisotopic (exact) mass is 391 g/mol. The van der Waals surface area contributed by atoms with Gasteiger partial charge in [0.2, 0.25) is 0 Å². The van der Waals surface area contributed by atoms with Gasteiger partial charge in [-0.2, -0.15) is 15.8 Å². The molecule has 1 atom stereocenters. The molecule has 1 heterocycles. The van der Waals surface area contributed by atoms with Crippen molar-refractivity contribution in [3.8, 4) is 29.6 Å². The number of benzene rings is 1. The topological polar surface area (TPSA) is 108 Å². The molecule has 0 radical (unpaired) electrons. The highest BCUT2D eigenvalue weighted by Gasteiger charge is 2.21. The molecule has 1 aromatic carbocycles. The number of hydrogen-bond acceptors (Lipinski definition) is 6. The summed E-state index contributed by atoms with van der Waals surface area (Å²) in [6.07, 6.45) is 1.88. The summed E-state index contributed by atoms with van der Waals surface area (Å²) in [6, 6.07) is 15.8. The van der Waals surface area contributed by atoms with Gasteiger partial charge in [0, 0.05) is 24.1 Å². The molecule has 7 heteroatoms. The van der Waals surface area contributed by atoms with Crippen LogP contribution in [-0.4, -0.2) is 36.0 Å². The third-order valence-electron chi connectivity index (χ3n) is 4.38. The molecule has 2 aromatic rings. The van der Waals surface area contributed by atoms with Gasteiger partial charge >= 0.3 is 0 Å². The summed E-state index contributed by atoms with van der Waals surface area (Å²) < 4.78 is 13.1. The molecular formula is C22H25N5O2. The fourth-order valence-corrected chi connectivity index (χ4v) is 3.02. The number of aromatic nitrogens is 2. The average molecular weight is 391 g/mol. The van der Waals surface area contributed by atoms with E-state index in [0.29, 0.717) is 52.1 Å². The van der Waals surface area contributed by atoms with Crippen LogP contribution in [-0.2, 0) is 22.3 Å². The van der Waals surface area contributed by atoms with Crippen molar-refractivity contribution in [3.63, 3.8) is 0 Å². The Bertz CT molecular complexity index is 887. The van der Waals surface area contributed by atoms with Crippen LogP contribution in [0.2, 0.25) is 0 Å². The van der Waals surface area contributed by atoms with Crippen molar-refractivity contribution in [2.24, 2.45) is 0 Å². The van der Waals surface area contributed by atoms with Crippen molar-refractivity contribution in [2.45, 2.75) is 38.6 Å². The molecule has 0 amide bonds. The Morgan fingerprint density at radius 3 is 2.14 bits per heavy atom. The van der Waals surface area contributed by atoms with Crippen molar-refractivity contribution in [1.29, 1.82) is 15.8 Å². The van der Waals surface area contributed by atoms with E-state index >= 15 is 0 Å². The Labute approximate surface area is 171 Å². The zero-order valence-corrected chi connectivity index (χ0v) is 16.7. The van der Waals surface area contributed by atoms with E-state index in [1.54, 1.807) is 0 Å². The molecule has 1 unspecified atom stereocenters. The summed E-state index contributed by atoms with van der Waals surface area (Å²) in [5.74, 6) is 0.749. The van der Waals surface area contributed by atoms with E-state index < -0.39 is 0 Å². The molecule has 0 aliphatic heterocycles. The van der Waals surface area contributed by atoms with Gasteiger partial charge in [0.25, 0.3) is 0 Å². The van der Waals surface area contributed by atoms with E-state index in [0.717, 1.165) is 22.8 Å². The standard InChI is InChI=1S/C22H25N5O2/c1-18(17-25)27-21(10-16-29-14-6-12-24)20(9-15-28-13-5-11-23)26-22(27)19-7-3-2-4-8-19/h2-4,7-8,18H,5-6,9-10,13-16H2,1H3. The Hall–Kier alpha value is -3.18. The fourth-order valence-electron chi connectivity index (χ4n) is 3.02. The molecular weight excluding hydrogens is 366 g/mol. The quantitative estimate of drug-likeness (QED) is 0.512. The minimum atomic E-state index is -0.389. The second-order valence-corrected chi connectivity index (χ2v) is 6.41. The molecule has 150 valence electrons. The van der Waals surface area contributed by atoms with Crippen molar-refractivity contribution < 1.29 is 9.47 Å². The van der Waals surface area contributed by atoms with E-state index in [9.17, 15) is 5.26 Å². The largest absolute Gasteiger partial charge is 0.380 e. The normalized spacial score (nSPS) is 11.4. The highest BCUT2D eigenvalue weighted by molar-refractivity contribution is 5.57. The molecule has 0 aliphatic rings. The number of ether oxygens (including phenoxy) is 2. The van der Waals surface area contributed by atoms with Crippen LogP contribution in [0.5, 0.6) is 0 Å². The van der Waals surface area contributed by atoms with Crippen molar-refractivity contribution in [2.75, 3.05) is 26.4 Å². The first-order valence-electron chi connectivity index (χ1n) is 9.67. The molecule has 0 N–H and O–H groups in total. The smallest absolute Gasteiger partial charge is 0.141 e. The van der Waals surface area contributed by atoms with Gasteiger partial charge in [0.05, 0.1) is 63.2 Å². The van der Waals surface area contributed by atoms with Gasteiger partial charge < -0.3 is 14.0 Å². The molecule has 0 aliphatic carbocycles. The number of rotatable bonds is 12. The first kappa shape index (κ1) is 22.1. The average Bonchev–Trinajstić information content (AvgIpc) is 3.12. The molecule has 1 aromatic heterocycles. The SMILES string of the molecule is CC(C#N)n1c(-c2ccccc2)nc(CCOCCC#N)c1CCOCCC#N. The molecule has 0 saturated carbocycles. The molecule has 0 saturated heterocycles. The van der Waals surface area contributed by atoms with E-state index in [-0.39, 0.29) is 6.04 Å². The number of hydrogen-bond donors (Lipinski definition) is 0. The Morgan fingerprint density at radius 1 is 0.931 bits per heavy atom. The lowest BCUT2D eigenvalue weighted by Gasteiger charge is -2.15. The Morgan fingerprint density at radius 2 is 1.55 bits per heavy atom. The van der Waals surface area contributed by atoms with Crippen LogP contribution in [0.15, 0.2) is 30.3 Å². The summed E-state index contributed by atoms with van der Waals surface area (Å²) >= 11 is 0. The van der Waals surface area contributed by atoms with Gasteiger partial charge in [-0.15, -0.1) is 0 Å². The molecule has 29 heavy (non-hydrogen) atoms. The molecule has 7 nitrogen and oxygen atoms in total. The zero-order chi connectivity index (χ0) is 20.9. The van der Waals surface area contributed by atoms with Crippen LogP contribution in [0.25, 0.3) is 11.4 Å². The fraction of sp³-hybridized carbons (Fsp3) is 0.455. The Kier molecular flexibility index (Phi) is 9.39. The van der Waals surface area contributed by atoms with Crippen LogP contribution in [0.1, 0.15) is 37.2 Å². The maximum atomic E-state index is 9.59. The van der Waals surface area contributed by atoms with E-state index in [1.165, 1.54) is 0 Å². The molecule has 2 rings (SSSR count). The number of nitrogens with zero attached hydrogens (tertiary/aromatic N) is 5. The first-order chi connectivity index (χ1) is 14.2. The highest BCUT2D eigenvalue weighted by Crippen LogP contribution is 2.27. The highest BCUT2D eigenvalue weighted by atomic mass is 16.5. The predicted octanol–water partition coefficient (Wildman–Crippen LogP) is 3.58. The summed E-state index contributed by atoms with van der Waals surface area (Å²) in [7, 11) is 0. The third kappa shape index (κ3) is 6.43. The van der Waals surface area contributed by atoms with E-state index in [2.05, 4.69) is 18.2 Å². The van der Waals surface area contributed by atoms with Crippen LogP contribution >= 0.6 is 0 Å². The lowest BCUT2D eigenvalue weighted by atomic mass is 10.1. The third-order valence-corrected chi connectivity index (χ3v) is 4.38. The van der Waals surface area contributed by atoms with Crippen LogP contribution in [0.4, 0.5) is 0 Å². The van der Waals surface area contributed by atoms with Crippen LogP contribution in [0.3, 0.4) is 0 Å². The number of imidazole rings is 1. The van der Waals surface area contributed by atoms with Gasteiger partial charge in [0.1, 0.15) is 11.9 Å². The lowest BCUT2D eigenvalue weighted by Crippen LogP contribution is -2.13. The van der Waals surface area contributed by atoms with Crippen molar-refractivity contribution in [3.05, 3.63) is 41.7 Å². The lowest BCUT2D eigenvalue weighted by molar-refractivity contribution is 0.138. The maximum absolute atomic E-state index is 9.59. The van der Waals surface area contributed by atoms with Crippen LogP contribution in [0, 0.1) is 34.0 Å². The second kappa shape index (κ2) is 12.3. The minimum Gasteiger partial charge on any atom is -0.380 e.